The van der Waals surface area contributed by atoms with Gasteiger partial charge in [0.25, 0.3) is 0 Å². The number of halogens is 1. The average molecular weight is 310 g/mol. The van der Waals surface area contributed by atoms with Gasteiger partial charge in [-0.25, -0.2) is 0 Å². The van der Waals surface area contributed by atoms with Crippen LogP contribution in [-0.4, -0.2) is 26.9 Å². The molecule has 0 radical (unpaired) electrons. The smallest absolute Gasteiger partial charge is 0.241 e. The monoisotopic (exact) mass is 309 g/mol. The molecule has 1 aromatic carbocycles. The predicted molar refractivity (Wildman–Crippen MR) is 84.7 cm³/mol. The summed E-state index contributed by atoms with van der Waals surface area (Å²) in [7, 11) is 0. The number of carbonyl (C=O) groups excluding carboxylic acids is 1. The first-order valence-electron chi connectivity index (χ1n) is 6.41. The summed E-state index contributed by atoms with van der Waals surface area (Å²) in [5.74, 6) is -0.192. The predicted octanol–water partition coefficient (Wildman–Crippen LogP) is 2.00. The first-order chi connectivity index (χ1) is 9.38. The molecule has 21 heavy (non-hydrogen) atoms. The van der Waals surface area contributed by atoms with Crippen molar-refractivity contribution in [2.45, 2.75) is 26.8 Å². The van der Waals surface area contributed by atoms with Crippen LogP contribution in [0.5, 0.6) is 0 Å². The van der Waals surface area contributed by atoms with Crippen LogP contribution >= 0.6 is 12.4 Å². The number of nitrogens with one attached hydrogen (secondary N) is 1. The van der Waals surface area contributed by atoms with Gasteiger partial charge in [0.05, 0.1) is 24.1 Å². The Balaban J connectivity index is 0.00000220. The molecule has 2 aromatic rings. The van der Waals surface area contributed by atoms with E-state index in [1.165, 1.54) is 4.80 Å². The molecule has 0 saturated heterocycles. The van der Waals surface area contributed by atoms with Crippen LogP contribution in [-0.2, 0) is 4.79 Å². The van der Waals surface area contributed by atoms with E-state index >= 15 is 0 Å². The Labute approximate surface area is 130 Å². The minimum Gasteiger partial charge on any atom is -0.325 e. The number of anilines is 1. The number of benzene rings is 1. The van der Waals surface area contributed by atoms with Gasteiger partial charge < -0.3 is 11.1 Å². The molecule has 0 unspecified atom stereocenters. The van der Waals surface area contributed by atoms with Gasteiger partial charge in [-0.2, -0.15) is 15.0 Å². The molecule has 114 valence electrons. The molecular weight excluding hydrogens is 290 g/mol. The molecule has 0 aliphatic rings. The highest BCUT2D eigenvalue weighted by atomic mass is 35.5. The second-order valence-electron chi connectivity index (χ2n) is 5.70. The van der Waals surface area contributed by atoms with Gasteiger partial charge in [-0.15, -0.1) is 12.4 Å². The van der Waals surface area contributed by atoms with Crippen LogP contribution in [0, 0.1) is 5.41 Å². The van der Waals surface area contributed by atoms with Crippen LogP contribution in [0.1, 0.15) is 20.8 Å². The minimum absolute atomic E-state index is 0. The van der Waals surface area contributed by atoms with Gasteiger partial charge in [-0.05, 0) is 29.7 Å². The number of hydrogen-bond donors (Lipinski definition) is 2. The zero-order chi connectivity index (χ0) is 14.8. The number of aromatic nitrogens is 3. The zero-order valence-corrected chi connectivity index (χ0v) is 13.1. The van der Waals surface area contributed by atoms with Crippen LogP contribution in [0.15, 0.2) is 36.7 Å². The third kappa shape index (κ3) is 4.27. The summed E-state index contributed by atoms with van der Waals surface area (Å²) in [5, 5.41) is 10.9. The topological polar surface area (TPSA) is 85.8 Å². The highest BCUT2D eigenvalue weighted by Gasteiger charge is 2.27. The summed E-state index contributed by atoms with van der Waals surface area (Å²) < 4.78 is 0. The van der Waals surface area contributed by atoms with Gasteiger partial charge in [0, 0.05) is 5.69 Å². The number of carbonyl (C=O) groups is 1. The Morgan fingerprint density at radius 3 is 2.19 bits per heavy atom. The van der Waals surface area contributed by atoms with Crippen LogP contribution < -0.4 is 11.1 Å². The zero-order valence-electron chi connectivity index (χ0n) is 12.3. The minimum atomic E-state index is -0.560. The van der Waals surface area contributed by atoms with Crippen LogP contribution in [0.2, 0.25) is 0 Å². The first-order valence-corrected chi connectivity index (χ1v) is 6.41. The maximum Gasteiger partial charge on any atom is 0.241 e. The van der Waals surface area contributed by atoms with E-state index in [0.717, 1.165) is 5.69 Å². The molecular formula is C14H20ClN5O. The van der Waals surface area contributed by atoms with E-state index in [2.05, 4.69) is 15.5 Å². The molecule has 0 aliphatic heterocycles. The maximum absolute atomic E-state index is 12.0. The SMILES string of the molecule is CC(C)(C)[C@H](N)C(=O)Nc1ccc(-n2nccn2)cc1.Cl. The number of hydrogen-bond acceptors (Lipinski definition) is 4. The van der Waals surface area contributed by atoms with Gasteiger partial charge in [0.15, 0.2) is 0 Å². The molecule has 0 fully saturated rings. The Bertz CT molecular complexity index is 574. The van der Waals surface area contributed by atoms with E-state index in [1.54, 1.807) is 24.5 Å². The lowest BCUT2D eigenvalue weighted by atomic mass is 9.87. The van der Waals surface area contributed by atoms with Crippen LogP contribution in [0.4, 0.5) is 5.69 Å². The van der Waals surface area contributed by atoms with Crippen molar-refractivity contribution >= 4 is 24.0 Å². The largest absolute Gasteiger partial charge is 0.325 e. The second kappa shape index (κ2) is 6.69. The maximum atomic E-state index is 12.0. The van der Waals surface area contributed by atoms with Crippen molar-refractivity contribution in [3.8, 4) is 5.69 Å². The van der Waals surface area contributed by atoms with E-state index in [4.69, 9.17) is 5.73 Å². The summed E-state index contributed by atoms with van der Waals surface area (Å²) in [6.07, 6.45) is 3.22. The van der Waals surface area contributed by atoms with E-state index in [1.807, 2.05) is 32.9 Å². The van der Waals surface area contributed by atoms with Gasteiger partial charge in [0.2, 0.25) is 5.91 Å². The molecule has 1 aromatic heterocycles. The molecule has 0 bridgehead atoms. The molecule has 1 atom stereocenters. The molecule has 6 nitrogen and oxygen atoms in total. The fourth-order valence-corrected chi connectivity index (χ4v) is 1.64. The fourth-order valence-electron chi connectivity index (χ4n) is 1.64. The Kier molecular flexibility index (Phi) is 5.46. The molecule has 1 heterocycles. The summed E-state index contributed by atoms with van der Waals surface area (Å²) in [6.45, 7) is 5.80. The van der Waals surface area contributed by atoms with Crippen molar-refractivity contribution in [2.24, 2.45) is 11.1 Å². The van der Waals surface area contributed by atoms with E-state index in [-0.39, 0.29) is 23.7 Å². The normalized spacial score (nSPS) is 12.4. The molecule has 2 rings (SSSR count). The van der Waals surface area contributed by atoms with Crippen LogP contribution in [0.25, 0.3) is 5.69 Å². The highest BCUT2D eigenvalue weighted by molar-refractivity contribution is 5.95. The lowest BCUT2D eigenvalue weighted by molar-refractivity contribution is -0.119. The molecule has 7 heteroatoms. The molecule has 0 saturated carbocycles. The van der Waals surface area contributed by atoms with Crippen molar-refractivity contribution in [3.63, 3.8) is 0 Å². The number of rotatable bonds is 3. The number of nitrogens with zero attached hydrogens (tertiary/aromatic N) is 3. The van der Waals surface area contributed by atoms with E-state index < -0.39 is 6.04 Å². The molecule has 0 spiro atoms. The van der Waals surface area contributed by atoms with Gasteiger partial charge in [-0.3, -0.25) is 4.79 Å². The Morgan fingerprint density at radius 2 is 1.71 bits per heavy atom. The summed E-state index contributed by atoms with van der Waals surface area (Å²) >= 11 is 0. The van der Waals surface area contributed by atoms with E-state index in [9.17, 15) is 4.79 Å². The third-order valence-electron chi connectivity index (χ3n) is 3.00. The second-order valence-corrected chi connectivity index (χ2v) is 5.70. The van der Waals surface area contributed by atoms with Crippen molar-refractivity contribution in [1.29, 1.82) is 0 Å². The van der Waals surface area contributed by atoms with Crippen molar-refractivity contribution in [1.82, 2.24) is 15.0 Å². The van der Waals surface area contributed by atoms with Gasteiger partial charge in [-0.1, -0.05) is 20.8 Å². The molecule has 3 N–H and O–H groups in total. The first kappa shape index (κ1) is 17.1. The standard InChI is InChI=1S/C14H19N5O.ClH/c1-14(2,3)12(15)13(20)18-10-4-6-11(7-5-10)19-16-8-9-17-19;/h4-9,12H,15H2,1-3H3,(H,18,20);1H/t12-;/m1./s1. The quantitative estimate of drug-likeness (QED) is 0.908. The van der Waals surface area contributed by atoms with Gasteiger partial charge >= 0.3 is 0 Å². The van der Waals surface area contributed by atoms with Crippen molar-refractivity contribution < 1.29 is 4.79 Å². The third-order valence-corrected chi connectivity index (χ3v) is 3.00. The number of nitrogens with two attached hydrogens (primary N) is 1. The summed E-state index contributed by atoms with van der Waals surface area (Å²) in [4.78, 5) is 13.5. The lowest BCUT2D eigenvalue weighted by Gasteiger charge is -2.25. The van der Waals surface area contributed by atoms with Crippen molar-refractivity contribution in [2.75, 3.05) is 5.32 Å². The summed E-state index contributed by atoms with van der Waals surface area (Å²) in [6, 6.07) is 6.70. The molecule has 0 aliphatic carbocycles. The fraction of sp³-hybridized carbons (Fsp3) is 0.357. The summed E-state index contributed by atoms with van der Waals surface area (Å²) in [5.41, 5.74) is 7.16. The average Bonchev–Trinajstić information content (AvgIpc) is 2.91. The van der Waals surface area contributed by atoms with E-state index in [0.29, 0.717) is 5.69 Å². The van der Waals surface area contributed by atoms with Crippen LogP contribution in [0.3, 0.4) is 0 Å². The van der Waals surface area contributed by atoms with Crippen molar-refractivity contribution in [3.05, 3.63) is 36.7 Å². The lowest BCUT2D eigenvalue weighted by Crippen LogP contribution is -2.45. The number of amides is 1. The Morgan fingerprint density at radius 1 is 1.19 bits per heavy atom. The molecule has 1 amide bonds. The van der Waals surface area contributed by atoms with Gasteiger partial charge in [0.1, 0.15) is 0 Å². The Hall–Kier alpha value is -1.92. The highest BCUT2D eigenvalue weighted by Crippen LogP contribution is 2.19.